The first-order valence-electron chi connectivity index (χ1n) is 8.34. The van der Waals surface area contributed by atoms with E-state index < -0.39 is 10.2 Å². The fraction of sp³-hybridized carbons (Fsp3) is 0.562. The molecule has 0 N–H and O–H groups in total. The summed E-state index contributed by atoms with van der Waals surface area (Å²) in [5.41, 5.74) is 2.60. The number of hydrogen-bond acceptors (Lipinski definition) is 5. The van der Waals surface area contributed by atoms with E-state index in [1.807, 2.05) is 13.2 Å². The normalized spacial score (nSPS) is 19.4. The molecule has 3 heterocycles. The molecule has 1 saturated heterocycles. The highest BCUT2D eigenvalue weighted by Gasteiger charge is 2.30. The van der Waals surface area contributed by atoms with Crippen LogP contribution >= 0.6 is 0 Å². The van der Waals surface area contributed by atoms with E-state index in [-0.39, 0.29) is 5.92 Å². The third-order valence-corrected chi connectivity index (χ3v) is 6.36. The number of rotatable bonds is 5. The Morgan fingerprint density at radius 2 is 2.08 bits per heavy atom. The molecule has 2 aromatic heterocycles. The topological polar surface area (TPSA) is 84.2 Å². The van der Waals surface area contributed by atoms with Crippen LogP contribution in [0.4, 0.5) is 0 Å². The van der Waals surface area contributed by atoms with Gasteiger partial charge in [0.2, 0.25) is 0 Å². The van der Waals surface area contributed by atoms with Crippen molar-refractivity contribution in [3.05, 3.63) is 30.5 Å². The molecule has 1 aliphatic heterocycles. The first-order valence-corrected chi connectivity index (χ1v) is 9.73. The standard InChI is InChI=1S/C16H24N6O2S/c1-20(2)25(23,24)22-6-4-5-13(11-22)7-15-9-17-10-16(19-15)14-8-18-21(3)12-14/h8-10,12-13H,4-7,11H2,1-3H3/t13-/m0/s1. The maximum absolute atomic E-state index is 12.3. The number of aromatic nitrogens is 4. The quantitative estimate of drug-likeness (QED) is 0.788. The van der Waals surface area contributed by atoms with Crippen LogP contribution in [0.3, 0.4) is 0 Å². The fourth-order valence-corrected chi connectivity index (χ4v) is 4.35. The molecule has 8 nitrogen and oxygen atoms in total. The Morgan fingerprint density at radius 1 is 1.28 bits per heavy atom. The molecule has 3 rings (SSSR count). The van der Waals surface area contributed by atoms with Gasteiger partial charge in [0.05, 0.1) is 23.8 Å². The van der Waals surface area contributed by atoms with Crippen LogP contribution in [0.2, 0.25) is 0 Å². The molecule has 0 saturated carbocycles. The summed E-state index contributed by atoms with van der Waals surface area (Å²) < 4.78 is 29.3. The number of nitrogens with zero attached hydrogens (tertiary/aromatic N) is 6. The van der Waals surface area contributed by atoms with Gasteiger partial charge in [-0.2, -0.15) is 22.1 Å². The molecule has 1 fully saturated rings. The summed E-state index contributed by atoms with van der Waals surface area (Å²) in [5.74, 6) is 0.252. The van der Waals surface area contributed by atoms with Crippen LogP contribution in [-0.2, 0) is 23.7 Å². The Balaban J connectivity index is 1.72. The molecule has 0 radical (unpaired) electrons. The largest absolute Gasteiger partial charge is 0.281 e. The monoisotopic (exact) mass is 364 g/mol. The van der Waals surface area contributed by atoms with Crippen LogP contribution < -0.4 is 0 Å². The molecule has 1 aliphatic rings. The Kier molecular flexibility index (Phi) is 5.16. The highest BCUT2D eigenvalue weighted by Crippen LogP contribution is 2.24. The average molecular weight is 364 g/mol. The summed E-state index contributed by atoms with van der Waals surface area (Å²) in [5, 5.41) is 4.16. The van der Waals surface area contributed by atoms with Gasteiger partial charge < -0.3 is 0 Å². The van der Waals surface area contributed by atoms with Crippen molar-refractivity contribution in [3.8, 4) is 11.3 Å². The summed E-state index contributed by atoms with van der Waals surface area (Å²) in [6, 6.07) is 0. The Morgan fingerprint density at radius 3 is 2.76 bits per heavy atom. The second-order valence-corrected chi connectivity index (χ2v) is 8.80. The smallest absolute Gasteiger partial charge is 0.275 e. The average Bonchev–Trinajstić information content (AvgIpc) is 3.02. The summed E-state index contributed by atoms with van der Waals surface area (Å²) in [7, 11) is 1.65. The molecule has 0 bridgehead atoms. The molecular formula is C16H24N6O2S. The lowest BCUT2D eigenvalue weighted by molar-refractivity contribution is 0.253. The van der Waals surface area contributed by atoms with Gasteiger partial charge in [-0.1, -0.05) is 0 Å². The Labute approximate surface area is 148 Å². The second-order valence-electron chi connectivity index (χ2n) is 6.66. The van der Waals surface area contributed by atoms with Gasteiger partial charge in [-0.05, 0) is 25.2 Å². The predicted molar refractivity (Wildman–Crippen MR) is 94.8 cm³/mol. The Bertz CT molecular complexity index is 833. The van der Waals surface area contributed by atoms with Crippen LogP contribution in [0.1, 0.15) is 18.5 Å². The maximum Gasteiger partial charge on any atom is 0.281 e. The molecule has 0 aliphatic carbocycles. The first kappa shape index (κ1) is 18.0. The molecule has 0 unspecified atom stereocenters. The fourth-order valence-electron chi connectivity index (χ4n) is 3.13. The van der Waals surface area contributed by atoms with Gasteiger partial charge in [0.1, 0.15) is 0 Å². The van der Waals surface area contributed by atoms with Gasteiger partial charge in [-0.3, -0.25) is 9.67 Å². The minimum absolute atomic E-state index is 0.252. The van der Waals surface area contributed by atoms with Crippen molar-refractivity contribution in [2.24, 2.45) is 13.0 Å². The Hall–Kier alpha value is -1.84. The van der Waals surface area contributed by atoms with Crippen molar-refractivity contribution in [3.63, 3.8) is 0 Å². The van der Waals surface area contributed by atoms with E-state index in [1.54, 1.807) is 41.7 Å². The van der Waals surface area contributed by atoms with E-state index in [2.05, 4.69) is 15.1 Å². The molecular weight excluding hydrogens is 340 g/mol. The lowest BCUT2D eigenvalue weighted by Crippen LogP contribution is -2.45. The lowest BCUT2D eigenvalue weighted by atomic mass is 9.95. The van der Waals surface area contributed by atoms with Crippen molar-refractivity contribution in [2.75, 3.05) is 27.2 Å². The number of piperidine rings is 1. The summed E-state index contributed by atoms with van der Waals surface area (Å²) in [6.45, 7) is 1.11. The molecule has 2 aromatic rings. The second kappa shape index (κ2) is 7.19. The zero-order valence-electron chi connectivity index (χ0n) is 14.8. The third-order valence-electron chi connectivity index (χ3n) is 4.45. The van der Waals surface area contributed by atoms with Crippen molar-refractivity contribution in [1.82, 2.24) is 28.4 Å². The van der Waals surface area contributed by atoms with E-state index in [4.69, 9.17) is 0 Å². The van der Waals surface area contributed by atoms with Gasteiger partial charge in [-0.25, -0.2) is 4.98 Å². The number of aryl methyl sites for hydroxylation is 1. The zero-order chi connectivity index (χ0) is 18.0. The molecule has 0 amide bonds. The third kappa shape index (κ3) is 4.05. The van der Waals surface area contributed by atoms with Crippen LogP contribution in [-0.4, -0.2) is 64.0 Å². The highest BCUT2D eigenvalue weighted by molar-refractivity contribution is 7.86. The minimum atomic E-state index is -3.35. The van der Waals surface area contributed by atoms with Gasteiger partial charge in [0.15, 0.2) is 0 Å². The molecule has 1 atom stereocenters. The molecule has 136 valence electrons. The number of hydrogen-bond donors (Lipinski definition) is 0. The van der Waals surface area contributed by atoms with E-state index in [1.165, 1.54) is 4.31 Å². The van der Waals surface area contributed by atoms with E-state index in [0.29, 0.717) is 13.1 Å². The molecule has 0 spiro atoms. The lowest BCUT2D eigenvalue weighted by Gasteiger charge is -2.33. The highest BCUT2D eigenvalue weighted by atomic mass is 32.2. The molecule has 0 aromatic carbocycles. The van der Waals surface area contributed by atoms with Gasteiger partial charge in [0.25, 0.3) is 10.2 Å². The SMILES string of the molecule is CN(C)S(=O)(=O)N1CCC[C@@H](Cc2cncc(-c3cnn(C)c3)n2)C1. The molecule has 9 heteroatoms. The minimum Gasteiger partial charge on any atom is -0.275 e. The van der Waals surface area contributed by atoms with Crippen LogP contribution in [0.5, 0.6) is 0 Å². The van der Waals surface area contributed by atoms with Gasteiger partial charge in [-0.15, -0.1) is 0 Å². The van der Waals surface area contributed by atoms with E-state index in [0.717, 1.165) is 36.2 Å². The van der Waals surface area contributed by atoms with E-state index in [9.17, 15) is 8.42 Å². The van der Waals surface area contributed by atoms with Gasteiger partial charge >= 0.3 is 0 Å². The maximum atomic E-state index is 12.3. The van der Waals surface area contributed by atoms with Crippen molar-refractivity contribution in [2.45, 2.75) is 19.3 Å². The van der Waals surface area contributed by atoms with Gasteiger partial charge in [0, 0.05) is 52.2 Å². The van der Waals surface area contributed by atoms with Crippen molar-refractivity contribution in [1.29, 1.82) is 0 Å². The zero-order valence-corrected chi connectivity index (χ0v) is 15.6. The van der Waals surface area contributed by atoms with E-state index >= 15 is 0 Å². The summed E-state index contributed by atoms with van der Waals surface area (Å²) in [6.07, 6.45) is 9.75. The van der Waals surface area contributed by atoms with Crippen LogP contribution in [0.15, 0.2) is 24.8 Å². The van der Waals surface area contributed by atoms with Crippen molar-refractivity contribution >= 4 is 10.2 Å². The predicted octanol–water partition coefficient (Wildman–Crippen LogP) is 0.938. The molecule has 25 heavy (non-hydrogen) atoms. The summed E-state index contributed by atoms with van der Waals surface area (Å²) >= 11 is 0. The van der Waals surface area contributed by atoms with Crippen LogP contribution in [0, 0.1) is 5.92 Å². The van der Waals surface area contributed by atoms with Crippen LogP contribution in [0.25, 0.3) is 11.3 Å². The van der Waals surface area contributed by atoms with Crippen molar-refractivity contribution < 1.29 is 8.42 Å². The summed E-state index contributed by atoms with van der Waals surface area (Å²) in [4.78, 5) is 8.97. The first-order chi connectivity index (χ1) is 11.9.